The van der Waals surface area contributed by atoms with Gasteiger partial charge in [-0.1, -0.05) is 37.0 Å². The monoisotopic (exact) mass is 362 g/mol. The maximum Gasteiger partial charge on any atom is 0.258 e. The van der Waals surface area contributed by atoms with Crippen molar-refractivity contribution >= 4 is 29.1 Å². The number of likely N-dealkylation sites (N-methyl/N-ethyl adjacent to an activating group) is 1. The molecular weight excluding hydrogens is 339 g/mol. The van der Waals surface area contributed by atoms with Crippen molar-refractivity contribution in [3.63, 3.8) is 0 Å². The van der Waals surface area contributed by atoms with Gasteiger partial charge in [0.2, 0.25) is 0 Å². The molecule has 0 aliphatic heterocycles. The van der Waals surface area contributed by atoms with Crippen LogP contribution in [0.5, 0.6) is 5.75 Å². The molecule has 1 N–H and O–H groups in total. The number of nitrogens with zero attached hydrogens (tertiary/aromatic N) is 1. The Balaban J connectivity index is 2.12. The third kappa shape index (κ3) is 8.42. The molecule has 1 aromatic rings. The van der Waals surface area contributed by atoms with Crippen LogP contribution in [0.4, 0.5) is 0 Å². The van der Waals surface area contributed by atoms with Gasteiger partial charge in [-0.3, -0.25) is 4.79 Å². The van der Waals surface area contributed by atoms with Gasteiger partial charge in [-0.15, -0.1) is 0 Å². The van der Waals surface area contributed by atoms with Gasteiger partial charge in [0.25, 0.3) is 5.91 Å². The Bertz CT molecular complexity index is 482. The molecule has 23 heavy (non-hydrogen) atoms. The second-order valence-electron chi connectivity index (χ2n) is 4.85. The third-order valence-corrected chi connectivity index (χ3v) is 3.81. The average Bonchev–Trinajstić information content (AvgIpc) is 2.55. The Morgan fingerprint density at radius 2 is 1.96 bits per heavy atom. The van der Waals surface area contributed by atoms with Crippen molar-refractivity contribution in [2.24, 2.45) is 0 Å². The Kier molecular flexibility index (Phi) is 10.0. The number of hydrogen-bond acceptors (Lipinski definition) is 4. The van der Waals surface area contributed by atoms with Gasteiger partial charge in [-0.2, -0.15) is 0 Å². The van der Waals surface area contributed by atoms with E-state index in [1.165, 1.54) is 0 Å². The van der Waals surface area contributed by atoms with Crippen LogP contribution in [-0.2, 0) is 9.53 Å². The first-order valence-corrected chi connectivity index (χ1v) is 8.47. The zero-order chi connectivity index (χ0) is 17.1. The number of carbonyl (C=O) groups excluding carboxylic acids is 1. The molecule has 1 aromatic carbocycles. The molecule has 130 valence electrons. The molecule has 0 atom stereocenters. The fraction of sp³-hybridized carbons (Fsp3) is 0.562. The number of amides is 1. The first kappa shape index (κ1) is 20.0. The number of benzene rings is 1. The van der Waals surface area contributed by atoms with Gasteiger partial charge in [0.05, 0.1) is 18.2 Å². The number of carbonyl (C=O) groups is 1. The van der Waals surface area contributed by atoms with Crippen molar-refractivity contribution in [2.45, 2.75) is 13.8 Å². The minimum absolute atomic E-state index is 0.112. The van der Waals surface area contributed by atoms with Crippen molar-refractivity contribution in [1.82, 2.24) is 10.2 Å². The third-order valence-electron chi connectivity index (χ3n) is 3.27. The van der Waals surface area contributed by atoms with E-state index in [1.807, 2.05) is 0 Å². The van der Waals surface area contributed by atoms with Crippen LogP contribution in [0.15, 0.2) is 18.2 Å². The Hall–Kier alpha value is -1.01. The largest absolute Gasteiger partial charge is 0.482 e. The summed E-state index contributed by atoms with van der Waals surface area (Å²) < 4.78 is 10.8. The number of nitrogens with one attached hydrogen (secondary N) is 1. The SMILES string of the molecule is CCN(CC)CCOCCNC(=O)COc1cc(Cl)ccc1Cl. The van der Waals surface area contributed by atoms with Crippen molar-refractivity contribution in [2.75, 3.05) is 46.0 Å². The van der Waals surface area contributed by atoms with E-state index in [2.05, 4.69) is 24.1 Å². The lowest BCUT2D eigenvalue weighted by atomic mass is 10.3. The topological polar surface area (TPSA) is 50.8 Å². The van der Waals surface area contributed by atoms with Crippen LogP contribution in [0.25, 0.3) is 0 Å². The van der Waals surface area contributed by atoms with Crippen LogP contribution < -0.4 is 10.1 Å². The fourth-order valence-electron chi connectivity index (χ4n) is 1.88. The molecule has 0 bridgehead atoms. The van der Waals surface area contributed by atoms with Crippen LogP contribution in [0.2, 0.25) is 10.0 Å². The van der Waals surface area contributed by atoms with Crippen LogP contribution >= 0.6 is 23.2 Å². The van der Waals surface area contributed by atoms with E-state index in [0.29, 0.717) is 35.6 Å². The molecule has 0 aromatic heterocycles. The summed E-state index contributed by atoms with van der Waals surface area (Å²) in [5, 5.41) is 3.65. The smallest absolute Gasteiger partial charge is 0.258 e. The zero-order valence-corrected chi connectivity index (χ0v) is 15.1. The Labute approximate surface area is 147 Å². The zero-order valence-electron chi connectivity index (χ0n) is 13.6. The summed E-state index contributed by atoms with van der Waals surface area (Å²) in [5.41, 5.74) is 0. The molecule has 0 radical (unpaired) electrons. The van der Waals surface area contributed by atoms with Gasteiger partial charge in [-0.05, 0) is 25.2 Å². The van der Waals surface area contributed by atoms with E-state index in [1.54, 1.807) is 18.2 Å². The lowest BCUT2D eigenvalue weighted by Crippen LogP contribution is -2.32. The second-order valence-corrected chi connectivity index (χ2v) is 5.70. The normalized spacial score (nSPS) is 10.8. The van der Waals surface area contributed by atoms with Gasteiger partial charge < -0.3 is 19.7 Å². The maximum atomic E-state index is 11.7. The molecular formula is C16H24Cl2N2O3. The average molecular weight is 363 g/mol. The second kappa shape index (κ2) is 11.5. The number of halogens is 2. The minimum atomic E-state index is -0.228. The number of hydrogen-bond donors (Lipinski definition) is 1. The molecule has 0 aliphatic carbocycles. The van der Waals surface area contributed by atoms with Gasteiger partial charge in [0, 0.05) is 24.2 Å². The Morgan fingerprint density at radius 3 is 2.65 bits per heavy atom. The highest BCUT2D eigenvalue weighted by Crippen LogP contribution is 2.27. The van der Waals surface area contributed by atoms with Crippen molar-refractivity contribution in [1.29, 1.82) is 0 Å². The van der Waals surface area contributed by atoms with E-state index in [4.69, 9.17) is 32.7 Å². The van der Waals surface area contributed by atoms with Crippen molar-refractivity contribution < 1.29 is 14.3 Å². The summed E-state index contributed by atoms with van der Waals surface area (Å²) in [6, 6.07) is 4.86. The van der Waals surface area contributed by atoms with Crippen molar-refractivity contribution in [3.8, 4) is 5.75 Å². The molecule has 1 rings (SSSR count). The molecule has 7 heteroatoms. The lowest BCUT2D eigenvalue weighted by molar-refractivity contribution is -0.123. The highest BCUT2D eigenvalue weighted by Gasteiger charge is 2.06. The minimum Gasteiger partial charge on any atom is -0.482 e. The first-order chi connectivity index (χ1) is 11.1. The molecule has 1 amide bonds. The van der Waals surface area contributed by atoms with Crippen LogP contribution in [-0.4, -0.2) is 56.8 Å². The summed E-state index contributed by atoms with van der Waals surface area (Å²) in [6.45, 7) is 8.64. The maximum absolute atomic E-state index is 11.7. The molecule has 5 nitrogen and oxygen atoms in total. The first-order valence-electron chi connectivity index (χ1n) is 7.71. The van der Waals surface area contributed by atoms with Crippen molar-refractivity contribution in [3.05, 3.63) is 28.2 Å². The molecule has 0 spiro atoms. The van der Waals surface area contributed by atoms with Crippen LogP contribution in [0, 0.1) is 0 Å². The molecule has 0 aliphatic rings. The standard InChI is InChI=1S/C16H24Cl2N2O3/c1-3-20(4-2)8-10-22-9-7-19-16(21)12-23-15-11-13(17)5-6-14(15)18/h5-6,11H,3-4,7-10,12H2,1-2H3,(H,19,21). The molecule has 0 unspecified atom stereocenters. The van der Waals surface area contributed by atoms with Gasteiger partial charge in [0.1, 0.15) is 5.75 Å². The predicted octanol–water partition coefficient (Wildman–Crippen LogP) is 2.85. The highest BCUT2D eigenvalue weighted by molar-refractivity contribution is 6.34. The number of ether oxygens (including phenoxy) is 2. The van der Waals surface area contributed by atoms with E-state index in [0.717, 1.165) is 19.6 Å². The summed E-state index contributed by atoms with van der Waals surface area (Å²) >= 11 is 11.8. The molecule has 0 saturated carbocycles. The predicted molar refractivity (Wildman–Crippen MR) is 93.6 cm³/mol. The van der Waals surface area contributed by atoms with E-state index >= 15 is 0 Å². The van der Waals surface area contributed by atoms with Gasteiger partial charge in [0.15, 0.2) is 6.61 Å². The highest BCUT2D eigenvalue weighted by atomic mass is 35.5. The van der Waals surface area contributed by atoms with Gasteiger partial charge >= 0.3 is 0 Å². The summed E-state index contributed by atoms with van der Waals surface area (Å²) in [6.07, 6.45) is 0. The molecule has 0 saturated heterocycles. The van der Waals surface area contributed by atoms with E-state index in [9.17, 15) is 4.79 Å². The summed E-state index contributed by atoms with van der Waals surface area (Å²) in [7, 11) is 0. The summed E-state index contributed by atoms with van der Waals surface area (Å²) in [4.78, 5) is 13.9. The van der Waals surface area contributed by atoms with Crippen LogP contribution in [0.3, 0.4) is 0 Å². The Morgan fingerprint density at radius 1 is 1.22 bits per heavy atom. The van der Waals surface area contributed by atoms with E-state index < -0.39 is 0 Å². The molecule has 0 fully saturated rings. The fourth-order valence-corrected chi connectivity index (χ4v) is 2.21. The lowest BCUT2D eigenvalue weighted by Gasteiger charge is -2.17. The number of rotatable bonds is 11. The van der Waals surface area contributed by atoms with E-state index in [-0.39, 0.29) is 12.5 Å². The van der Waals surface area contributed by atoms with Crippen LogP contribution in [0.1, 0.15) is 13.8 Å². The summed E-state index contributed by atoms with van der Waals surface area (Å²) in [5.74, 6) is 0.165. The van der Waals surface area contributed by atoms with Gasteiger partial charge in [-0.25, -0.2) is 0 Å². The quantitative estimate of drug-likeness (QED) is 0.615. The molecule has 0 heterocycles.